The molecule has 9 heteroatoms. The molecular formula is C24H27F2N5O2. The van der Waals surface area contributed by atoms with E-state index in [2.05, 4.69) is 20.6 Å². The van der Waals surface area contributed by atoms with Crippen LogP contribution in [-0.2, 0) is 4.74 Å². The first-order valence-electron chi connectivity index (χ1n) is 10.8. The molecule has 0 bridgehead atoms. The van der Waals surface area contributed by atoms with Gasteiger partial charge in [-0.05, 0) is 36.8 Å². The molecule has 1 fully saturated rings. The van der Waals surface area contributed by atoms with Crippen molar-refractivity contribution in [2.24, 2.45) is 0 Å². The van der Waals surface area contributed by atoms with Crippen LogP contribution in [0.5, 0.6) is 0 Å². The first kappa shape index (κ1) is 22.9. The summed E-state index contributed by atoms with van der Waals surface area (Å²) >= 11 is 0. The number of nitrogens with one attached hydrogen (secondary N) is 2. The molecule has 0 unspecified atom stereocenters. The Bertz CT molecular complexity index is 1090. The molecule has 3 aromatic rings. The molecule has 2 atom stereocenters. The quantitative estimate of drug-likeness (QED) is 0.570. The van der Waals surface area contributed by atoms with Crippen LogP contribution >= 0.6 is 0 Å². The molecule has 4 rings (SSSR count). The van der Waals surface area contributed by atoms with Gasteiger partial charge in [0.1, 0.15) is 17.5 Å². The molecule has 2 heterocycles. The van der Waals surface area contributed by atoms with E-state index in [0.29, 0.717) is 37.6 Å². The fraction of sp³-hybridized carbons (Fsp3) is 0.333. The van der Waals surface area contributed by atoms with Gasteiger partial charge in [-0.1, -0.05) is 18.2 Å². The highest BCUT2D eigenvalue weighted by atomic mass is 19.1. The van der Waals surface area contributed by atoms with Crippen molar-refractivity contribution >= 4 is 11.8 Å². The number of amides is 2. The number of rotatable bonds is 7. The van der Waals surface area contributed by atoms with E-state index in [-0.39, 0.29) is 12.0 Å². The molecule has 33 heavy (non-hydrogen) atoms. The number of aromatic nitrogens is 2. The molecule has 0 radical (unpaired) electrons. The van der Waals surface area contributed by atoms with Crippen molar-refractivity contribution in [1.29, 1.82) is 0 Å². The smallest absolute Gasteiger partial charge is 0.320 e. The van der Waals surface area contributed by atoms with Gasteiger partial charge in [0.15, 0.2) is 0 Å². The lowest BCUT2D eigenvalue weighted by molar-refractivity contribution is 0.159. The molecule has 2 amide bonds. The Balaban J connectivity index is 1.52. The SMILES string of the molecule is COCCN1C[C@@H](NC(=O)Nc2cc(C)nn2-c2ccccc2)[C@H](c2cc(F)cc(F)c2)C1. The van der Waals surface area contributed by atoms with Crippen molar-refractivity contribution in [1.82, 2.24) is 20.0 Å². The topological polar surface area (TPSA) is 71.4 Å². The van der Waals surface area contributed by atoms with Crippen LogP contribution < -0.4 is 10.6 Å². The van der Waals surface area contributed by atoms with Crippen LogP contribution in [0.1, 0.15) is 17.2 Å². The molecule has 2 aromatic carbocycles. The summed E-state index contributed by atoms with van der Waals surface area (Å²) in [6, 6.07) is 14.0. The number of aryl methyl sites for hydroxylation is 1. The first-order valence-corrected chi connectivity index (χ1v) is 10.8. The fourth-order valence-electron chi connectivity index (χ4n) is 4.24. The minimum Gasteiger partial charge on any atom is -0.383 e. The van der Waals surface area contributed by atoms with Crippen LogP contribution in [-0.4, -0.2) is 60.1 Å². The van der Waals surface area contributed by atoms with Crippen molar-refractivity contribution in [3.05, 3.63) is 77.5 Å². The van der Waals surface area contributed by atoms with Crippen molar-refractivity contribution in [3.63, 3.8) is 0 Å². The zero-order chi connectivity index (χ0) is 23.4. The van der Waals surface area contributed by atoms with Crippen molar-refractivity contribution in [3.8, 4) is 5.69 Å². The molecule has 7 nitrogen and oxygen atoms in total. The van der Waals surface area contributed by atoms with Gasteiger partial charge in [-0.25, -0.2) is 18.3 Å². The van der Waals surface area contributed by atoms with Crippen LogP contribution in [0.4, 0.5) is 19.4 Å². The number of carbonyl (C=O) groups is 1. The highest BCUT2D eigenvalue weighted by Gasteiger charge is 2.35. The molecule has 1 aromatic heterocycles. The predicted molar refractivity (Wildman–Crippen MR) is 122 cm³/mol. The highest BCUT2D eigenvalue weighted by Crippen LogP contribution is 2.29. The van der Waals surface area contributed by atoms with Crippen molar-refractivity contribution in [2.75, 3.05) is 38.7 Å². The Morgan fingerprint density at radius 3 is 2.55 bits per heavy atom. The summed E-state index contributed by atoms with van der Waals surface area (Å²) in [5.41, 5.74) is 2.09. The Kier molecular flexibility index (Phi) is 7.00. The third kappa shape index (κ3) is 5.55. The van der Waals surface area contributed by atoms with Gasteiger partial charge in [-0.3, -0.25) is 10.2 Å². The van der Waals surface area contributed by atoms with E-state index < -0.39 is 17.7 Å². The van der Waals surface area contributed by atoms with E-state index in [9.17, 15) is 13.6 Å². The molecule has 1 saturated heterocycles. The van der Waals surface area contributed by atoms with E-state index in [1.807, 2.05) is 37.3 Å². The Morgan fingerprint density at radius 2 is 1.85 bits per heavy atom. The van der Waals surface area contributed by atoms with Crippen LogP contribution in [0.25, 0.3) is 5.69 Å². The lowest BCUT2D eigenvalue weighted by Crippen LogP contribution is -2.42. The molecule has 0 saturated carbocycles. The third-order valence-corrected chi connectivity index (χ3v) is 5.71. The van der Waals surface area contributed by atoms with Gasteiger partial charge in [-0.15, -0.1) is 0 Å². The average Bonchev–Trinajstić information content (AvgIpc) is 3.35. The highest BCUT2D eigenvalue weighted by molar-refractivity contribution is 5.89. The van der Waals surface area contributed by atoms with E-state index in [4.69, 9.17) is 4.74 Å². The molecular weight excluding hydrogens is 428 g/mol. The summed E-state index contributed by atoms with van der Waals surface area (Å²) in [7, 11) is 1.62. The summed E-state index contributed by atoms with van der Waals surface area (Å²) in [6.45, 7) is 4.12. The van der Waals surface area contributed by atoms with Crippen LogP contribution in [0.15, 0.2) is 54.6 Å². The maximum Gasteiger partial charge on any atom is 0.320 e. The number of carbonyl (C=O) groups excluding carboxylic acids is 1. The maximum absolute atomic E-state index is 13.9. The summed E-state index contributed by atoms with van der Waals surface area (Å²) < 4.78 is 34.6. The van der Waals surface area contributed by atoms with Crippen LogP contribution in [0.3, 0.4) is 0 Å². The number of methoxy groups -OCH3 is 1. The average molecular weight is 456 g/mol. The normalized spacial score (nSPS) is 18.4. The molecule has 0 aliphatic carbocycles. The van der Waals surface area contributed by atoms with Gasteiger partial charge in [0.25, 0.3) is 0 Å². The summed E-state index contributed by atoms with van der Waals surface area (Å²) in [5, 5.41) is 10.3. The molecule has 174 valence electrons. The monoisotopic (exact) mass is 455 g/mol. The van der Waals surface area contributed by atoms with Gasteiger partial charge in [0, 0.05) is 44.8 Å². The van der Waals surface area contributed by atoms with Crippen LogP contribution in [0.2, 0.25) is 0 Å². The van der Waals surface area contributed by atoms with Crippen LogP contribution in [0, 0.1) is 18.6 Å². The lowest BCUT2D eigenvalue weighted by Gasteiger charge is -2.21. The first-order chi connectivity index (χ1) is 15.9. The van der Waals surface area contributed by atoms with Crippen molar-refractivity contribution in [2.45, 2.75) is 18.9 Å². The fourth-order valence-corrected chi connectivity index (χ4v) is 4.24. The van der Waals surface area contributed by atoms with Gasteiger partial charge in [0.05, 0.1) is 24.0 Å². The molecule has 0 spiro atoms. The van der Waals surface area contributed by atoms with Gasteiger partial charge < -0.3 is 10.1 Å². The minimum atomic E-state index is -0.634. The van der Waals surface area contributed by atoms with Gasteiger partial charge in [-0.2, -0.15) is 5.10 Å². The number of ether oxygens (including phenoxy) is 1. The minimum absolute atomic E-state index is 0.265. The number of para-hydroxylation sites is 1. The molecule has 2 N–H and O–H groups in total. The number of likely N-dealkylation sites (tertiary alicyclic amines) is 1. The van der Waals surface area contributed by atoms with Crippen molar-refractivity contribution < 1.29 is 18.3 Å². The second-order valence-corrected chi connectivity index (χ2v) is 8.18. The zero-order valence-electron chi connectivity index (χ0n) is 18.6. The number of halogens is 2. The Labute approximate surface area is 191 Å². The summed E-state index contributed by atoms with van der Waals surface area (Å²) in [6.07, 6.45) is 0. The summed E-state index contributed by atoms with van der Waals surface area (Å²) in [4.78, 5) is 15.0. The Morgan fingerprint density at radius 1 is 1.12 bits per heavy atom. The number of nitrogens with zero attached hydrogens (tertiary/aromatic N) is 3. The lowest BCUT2D eigenvalue weighted by atomic mass is 9.94. The standard InChI is InChI=1S/C24H27F2N5O2/c1-16-10-23(31(29-16)20-6-4-3-5-7-20)28-24(32)27-22-15-30(8-9-33-2)14-21(22)17-11-18(25)13-19(26)12-17/h3-7,10-13,21-22H,8-9,14-15H2,1-2H3,(H2,27,28,32)/t21-,22+/m0/s1. The second-order valence-electron chi connectivity index (χ2n) is 8.18. The third-order valence-electron chi connectivity index (χ3n) is 5.71. The van der Waals surface area contributed by atoms with Gasteiger partial charge in [0.2, 0.25) is 0 Å². The molecule has 1 aliphatic rings. The number of urea groups is 1. The number of hydrogen-bond acceptors (Lipinski definition) is 4. The predicted octanol–water partition coefficient (Wildman–Crippen LogP) is 3.69. The van der Waals surface area contributed by atoms with E-state index in [1.54, 1.807) is 17.9 Å². The zero-order valence-corrected chi connectivity index (χ0v) is 18.6. The Hall–Kier alpha value is -3.30. The van der Waals surface area contributed by atoms with E-state index in [1.165, 1.54) is 12.1 Å². The number of hydrogen-bond donors (Lipinski definition) is 2. The maximum atomic E-state index is 13.9. The van der Waals surface area contributed by atoms with Gasteiger partial charge >= 0.3 is 6.03 Å². The van der Waals surface area contributed by atoms with E-state index in [0.717, 1.165) is 17.4 Å². The number of anilines is 1. The second kappa shape index (κ2) is 10.1. The number of benzene rings is 2. The summed E-state index contributed by atoms with van der Waals surface area (Å²) in [5.74, 6) is -1.01. The van der Waals surface area contributed by atoms with E-state index >= 15 is 0 Å². The molecule has 1 aliphatic heterocycles. The largest absolute Gasteiger partial charge is 0.383 e.